The second kappa shape index (κ2) is 10.5. The van der Waals surface area contributed by atoms with Crippen LogP contribution in [0.3, 0.4) is 0 Å². The van der Waals surface area contributed by atoms with Crippen LogP contribution in [0.1, 0.15) is 31.0 Å². The molecule has 1 aliphatic rings. The number of hydrogen-bond acceptors (Lipinski definition) is 6. The van der Waals surface area contributed by atoms with Gasteiger partial charge in [-0.15, -0.1) is 0 Å². The van der Waals surface area contributed by atoms with E-state index in [0.29, 0.717) is 18.0 Å². The van der Waals surface area contributed by atoms with E-state index in [-0.39, 0.29) is 23.2 Å². The minimum Gasteiger partial charge on any atom is -0.507 e. The smallest absolute Gasteiger partial charge is 0.295 e. The van der Waals surface area contributed by atoms with E-state index in [1.807, 2.05) is 13.8 Å². The van der Waals surface area contributed by atoms with Gasteiger partial charge < -0.3 is 24.4 Å². The molecule has 0 bridgehead atoms. The molecule has 1 aliphatic heterocycles. The van der Waals surface area contributed by atoms with Crippen LogP contribution in [-0.4, -0.2) is 67.0 Å². The highest BCUT2D eigenvalue weighted by Gasteiger charge is 2.46. The van der Waals surface area contributed by atoms with Crippen LogP contribution >= 0.6 is 0 Å². The molecular weight excluding hydrogens is 427 g/mol. The summed E-state index contributed by atoms with van der Waals surface area (Å²) >= 11 is 0. The maximum absolute atomic E-state index is 14.9. The van der Waals surface area contributed by atoms with Gasteiger partial charge in [0.2, 0.25) is 0 Å². The first kappa shape index (κ1) is 24.3. The van der Waals surface area contributed by atoms with Crippen molar-refractivity contribution in [2.75, 3.05) is 40.4 Å². The summed E-state index contributed by atoms with van der Waals surface area (Å²) in [7, 11) is 2.93. The molecule has 1 atom stereocenters. The van der Waals surface area contributed by atoms with Crippen LogP contribution in [0.15, 0.2) is 48.0 Å². The van der Waals surface area contributed by atoms with Crippen molar-refractivity contribution in [2.24, 2.45) is 0 Å². The number of rotatable bonds is 9. The lowest BCUT2D eigenvalue weighted by Crippen LogP contribution is -2.38. The number of carbonyl (C=O) groups excluding carboxylic acids is 2. The van der Waals surface area contributed by atoms with E-state index in [1.54, 1.807) is 18.2 Å². The van der Waals surface area contributed by atoms with Crippen molar-refractivity contribution in [3.63, 3.8) is 0 Å². The lowest BCUT2D eigenvalue weighted by Gasteiger charge is -2.28. The van der Waals surface area contributed by atoms with Crippen LogP contribution in [0.2, 0.25) is 0 Å². The molecule has 0 saturated carbocycles. The SMILES string of the molecule is CCN(CC)CCN1C(=O)C(=O)/C(=C(/O)c2ccc(OC)c(OC)c2)C1c1ccccc1F. The predicted octanol–water partition coefficient (Wildman–Crippen LogP) is 3.61. The quantitative estimate of drug-likeness (QED) is 0.353. The third-order valence-corrected chi connectivity index (χ3v) is 5.95. The molecule has 0 spiro atoms. The van der Waals surface area contributed by atoms with E-state index in [4.69, 9.17) is 9.47 Å². The van der Waals surface area contributed by atoms with E-state index in [2.05, 4.69) is 4.90 Å². The second-order valence-electron chi connectivity index (χ2n) is 7.61. The molecule has 176 valence electrons. The van der Waals surface area contributed by atoms with Crippen molar-refractivity contribution in [3.05, 3.63) is 65.0 Å². The number of methoxy groups -OCH3 is 2. The lowest BCUT2D eigenvalue weighted by atomic mass is 9.95. The summed E-state index contributed by atoms with van der Waals surface area (Å²) in [4.78, 5) is 29.5. The fourth-order valence-electron chi connectivity index (χ4n) is 4.06. The largest absolute Gasteiger partial charge is 0.507 e. The Morgan fingerprint density at radius 1 is 1.06 bits per heavy atom. The van der Waals surface area contributed by atoms with E-state index < -0.39 is 29.3 Å². The molecule has 1 fully saturated rings. The number of ether oxygens (including phenoxy) is 2. The normalized spacial score (nSPS) is 17.6. The topological polar surface area (TPSA) is 79.3 Å². The highest BCUT2D eigenvalue weighted by Crippen LogP contribution is 2.41. The Hall–Kier alpha value is -3.39. The number of amides is 1. The molecule has 1 saturated heterocycles. The molecule has 0 aliphatic carbocycles. The molecule has 0 aromatic heterocycles. The van der Waals surface area contributed by atoms with E-state index in [0.717, 1.165) is 13.1 Å². The lowest BCUT2D eigenvalue weighted by molar-refractivity contribution is -0.140. The van der Waals surface area contributed by atoms with Gasteiger partial charge in [-0.3, -0.25) is 9.59 Å². The molecular formula is C25H29FN2O5. The fourth-order valence-corrected chi connectivity index (χ4v) is 4.06. The highest BCUT2D eigenvalue weighted by molar-refractivity contribution is 6.46. The minimum atomic E-state index is -1.05. The molecule has 1 heterocycles. The van der Waals surface area contributed by atoms with Crippen LogP contribution in [0, 0.1) is 5.82 Å². The van der Waals surface area contributed by atoms with Gasteiger partial charge in [0, 0.05) is 24.2 Å². The van der Waals surface area contributed by atoms with Gasteiger partial charge in [-0.2, -0.15) is 0 Å². The highest BCUT2D eigenvalue weighted by atomic mass is 19.1. The van der Waals surface area contributed by atoms with Crippen LogP contribution in [0.25, 0.3) is 5.76 Å². The molecule has 3 rings (SSSR count). The van der Waals surface area contributed by atoms with Crippen LogP contribution < -0.4 is 9.47 Å². The monoisotopic (exact) mass is 456 g/mol. The zero-order valence-electron chi connectivity index (χ0n) is 19.3. The standard InChI is InChI=1S/C25H29FN2O5/c1-5-27(6-2)13-14-28-22(17-9-7-8-10-18(17)26)21(24(30)25(28)31)23(29)16-11-12-19(32-3)20(15-16)33-4/h7-12,15,22,29H,5-6,13-14H2,1-4H3/b23-21+. The zero-order valence-corrected chi connectivity index (χ0v) is 19.3. The molecule has 1 unspecified atom stereocenters. The zero-order chi connectivity index (χ0) is 24.1. The van der Waals surface area contributed by atoms with E-state index >= 15 is 0 Å². The summed E-state index contributed by atoms with van der Waals surface area (Å²) in [6.45, 7) is 6.29. The van der Waals surface area contributed by atoms with E-state index in [9.17, 15) is 19.1 Å². The maximum Gasteiger partial charge on any atom is 0.295 e. The number of benzene rings is 2. The Labute approximate surface area is 193 Å². The Bertz CT molecular complexity index is 1060. The molecule has 0 radical (unpaired) electrons. The van der Waals surface area contributed by atoms with Crippen molar-refractivity contribution < 1.29 is 28.6 Å². The summed E-state index contributed by atoms with van der Waals surface area (Å²) < 4.78 is 25.4. The van der Waals surface area contributed by atoms with Crippen molar-refractivity contribution in [1.29, 1.82) is 0 Å². The first-order chi connectivity index (χ1) is 15.9. The van der Waals surface area contributed by atoms with Crippen molar-refractivity contribution in [2.45, 2.75) is 19.9 Å². The molecule has 2 aromatic carbocycles. The van der Waals surface area contributed by atoms with Gasteiger partial charge in [-0.1, -0.05) is 32.0 Å². The van der Waals surface area contributed by atoms with Crippen molar-refractivity contribution in [3.8, 4) is 11.5 Å². The summed E-state index contributed by atoms with van der Waals surface area (Å²) in [5, 5.41) is 11.2. The average molecular weight is 457 g/mol. The first-order valence-corrected chi connectivity index (χ1v) is 10.8. The maximum atomic E-state index is 14.9. The third kappa shape index (κ3) is 4.71. The number of nitrogens with zero attached hydrogens (tertiary/aromatic N) is 2. The van der Waals surface area contributed by atoms with Gasteiger partial charge in [0.05, 0.1) is 25.8 Å². The molecule has 2 aromatic rings. The number of carbonyl (C=O) groups is 2. The van der Waals surface area contributed by atoms with Gasteiger partial charge in [0.25, 0.3) is 11.7 Å². The molecule has 1 amide bonds. The number of Topliss-reactive ketones (excluding diaryl/α,β-unsaturated/α-hetero) is 1. The number of ketones is 1. The predicted molar refractivity (Wildman–Crippen MR) is 123 cm³/mol. The first-order valence-electron chi connectivity index (χ1n) is 10.8. The van der Waals surface area contributed by atoms with Gasteiger partial charge in [-0.05, 0) is 37.4 Å². The number of likely N-dealkylation sites (N-methyl/N-ethyl adjacent to an activating group) is 1. The van der Waals surface area contributed by atoms with Gasteiger partial charge in [0.15, 0.2) is 11.5 Å². The number of halogens is 1. The Morgan fingerprint density at radius 2 is 1.73 bits per heavy atom. The summed E-state index contributed by atoms with van der Waals surface area (Å²) in [5.74, 6) is -1.78. The number of aliphatic hydroxyl groups is 1. The van der Waals surface area contributed by atoms with E-state index in [1.165, 1.54) is 43.4 Å². The molecule has 1 N–H and O–H groups in total. The molecule has 7 nitrogen and oxygen atoms in total. The van der Waals surface area contributed by atoms with Crippen LogP contribution in [-0.2, 0) is 9.59 Å². The third-order valence-electron chi connectivity index (χ3n) is 5.95. The second-order valence-corrected chi connectivity index (χ2v) is 7.61. The van der Waals surface area contributed by atoms with Crippen LogP contribution in [0.5, 0.6) is 11.5 Å². The van der Waals surface area contributed by atoms with Crippen LogP contribution in [0.4, 0.5) is 4.39 Å². The van der Waals surface area contributed by atoms with Gasteiger partial charge >= 0.3 is 0 Å². The number of aliphatic hydroxyl groups excluding tert-OH is 1. The Morgan fingerprint density at radius 3 is 2.33 bits per heavy atom. The number of hydrogen-bond donors (Lipinski definition) is 1. The fraction of sp³-hybridized carbons (Fsp3) is 0.360. The molecule has 8 heteroatoms. The summed E-state index contributed by atoms with van der Waals surface area (Å²) in [5.41, 5.74) is 0.255. The summed E-state index contributed by atoms with van der Waals surface area (Å²) in [6, 6.07) is 9.58. The van der Waals surface area contributed by atoms with Gasteiger partial charge in [-0.25, -0.2) is 4.39 Å². The van der Waals surface area contributed by atoms with Gasteiger partial charge in [0.1, 0.15) is 11.6 Å². The Balaban J connectivity index is 2.14. The number of likely N-dealkylation sites (tertiary alicyclic amines) is 1. The average Bonchev–Trinajstić information content (AvgIpc) is 3.08. The Kier molecular flexibility index (Phi) is 7.71. The van der Waals surface area contributed by atoms with Crippen molar-refractivity contribution >= 4 is 17.4 Å². The summed E-state index contributed by atoms with van der Waals surface area (Å²) in [6.07, 6.45) is 0. The van der Waals surface area contributed by atoms with Crippen molar-refractivity contribution in [1.82, 2.24) is 9.80 Å². The molecule has 33 heavy (non-hydrogen) atoms. The minimum absolute atomic E-state index is 0.151.